The molecule has 1 N–H and O–H groups in total. The molecule has 2 rings (SSSR count). The summed E-state index contributed by atoms with van der Waals surface area (Å²) >= 11 is 0. The van der Waals surface area contributed by atoms with Gasteiger partial charge in [0.15, 0.2) is 0 Å². The van der Waals surface area contributed by atoms with Crippen molar-refractivity contribution in [2.75, 3.05) is 7.05 Å². The zero-order chi connectivity index (χ0) is 14.9. The number of nitrogens with one attached hydrogen (secondary N) is 1. The van der Waals surface area contributed by atoms with Crippen LogP contribution in [0, 0.1) is 6.92 Å². The van der Waals surface area contributed by atoms with Gasteiger partial charge in [0, 0.05) is 16.5 Å². The second kappa shape index (κ2) is 5.61. The lowest BCUT2D eigenvalue weighted by Crippen LogP contribution is -2.11. The third kappa shape index (κ3) is 2.62. The first kappa shape index (κ1) is 15.1. The maximum absolute atomic E-state index is 6.27. The zero-order valence-electron chi connectivity index (χ0n) is 13.7. The van der Waals surface area contributed by atoms with Gasteiger partial charge in [-0.3, -0.25) is 0 Å². The molecule has 0 spiro atoms. The molecule has 2 heteroatoms. The molecule has 0 fully saturated rings. The molecule has 0 bridgehead atoms. The third-order valence-corrected chi connectivity index (χ3v) is 3.87. The van der Waals surface area contributed by atoms with Crippen molar-refractivity contribution in [3.63, 3.8) is 0 Å². The highest BCUT2D eigenvalue weighted by atomic mass is 16.3. The standard InChI is InChI=1S/C18H27NO/c1-7-8-13-15(11-19-6)20-17-14(18(3,4)5)10-9-12(2)16(13)17/h9-10,19H,7-8,11H2,1-6H3. The first-order chi connectivity index (χ1) is 9.40. The number of fused-ring (bicyclic) bond motifs is 1. The van der Waals surface area contributed by atoms with E-state index in [2.05, 4.69) is 52.1 Å². The second-order valence-corrected chi connectivity index (χ2v) is 6.67. The molecule has 0 amide bonds. The molecule has 0 saturated carbocycles. The Morgan fingerprint density at radius 3 is 2.45 bits per heavy atom. The normalized spacial score (nSPS) is 12.3. The predicted molar refractivity (Wildman–Crippen MR) is 86.4 cm³/mol. The molecule has 110 valence electrons. The van der Waals surface area contributed by atoms with Crippen LogP contribution in [0.25, 0.3) is 11.0 Å². The molecular weight excluding hydrogens is 246 g/mol. The van der Waals surface area contributed by atoms with Gasteiger partial charge >= 0.3 is 0 Å². The first-order valence-corrected chi connectivity index (χ1v) is 7.59. The van der Waals surface area contributed by atoms with E-state index in [1.807, 2.05) is 7.05 Å². The predicted octanol–water partition coefficient (Wildman–Crippen LogP) is 4.71. The van der Waals surface area contributed by atoms with Crippen molar-refractivity contribution < 1.29 is 4.42 Å². The van der Waals surface area contributed by atoms with E-state index in [4.69, 9.17) is 4.42 Å². The van der Waals surface area contributed by atoms with E-state index in [9.17, 15) is 0 Å². The minimum Gasteiger partial charge on any atom is -0.459 e. The molecule has 2 aromatic rings. The van der Waals surface area contributed by atoms with E-state index in [0.29, 0.717) is 0 Å². The summed E-state index contributed by atoms with van der Waals surface area (Å²) in [7, 11) is 1.97. The van der Waals surface area contributed by atoms with Crippen molar-refractivity contribution >= 4 is 11.0 Å². The van der Waals surface area contributed by atoms with Crippen LogP contribution in [-0.4, -0.2) is 7.05 Å². The van der Waals surface area contributed by atoms with Crippen molar-refractivity contribution in [2.45, 2.75) is 59.4 Å². The van der Waals surface area contributed by atoms with Crippen LogP contribution in [0.5, 0.6) is 0 Å². The van der Waals surface area contributed by atoms with Crippen LogP contribution in [0.4, 0.5) is 0 Å². The number of benzene rings is 1. The van der Waals surface area contributed by atoms with Gasteiger partial charge in [-0.05, 0) is 31.4 Å². The second-order valence-electron chi connectivity index (χ2n) is 6.67. The van der Waals surface area contributed by atoms with Crippen molar-refractivity contribution in [1.82, 2.24) is 5.32 Å². The van der Waals surface area contributed by atoms with E-state index in [0.717, 1.165) is 30.7 Å². The molecule has 2 nitrogen and oxygen atoms in total. The summed E-state index contributed by atoms with van der Waals surface area (Å²) in [5.41, 5.74) is 5.21. The molecule has 0 aliphatic carbocycles. The minimum absolute atomic E-state index is 0.101. The number of hydrogen-bond acceptors (Lipinski definition) is 2. The first-order valence-electron chi connectivity index (χ1n) is 7.59. The molecular formula is C18H27NO. The van der Waals surface area contributed by atoms with Crippen LogP contribution in [0.3, 0.4) is 0 Å². The monoisotopic (exact) mass is 273 g/mol. The molecule has 1 heterocycles. The molecule has 0 saturated heterocycles. The third-order valence-electron chi connectivity index (χ3n) is 3.87. The quantitative estimate of drug-likeness (QED) is 0.872. The van der Waals surface area contributed by atoms with Gasteiger partial charge in [-0.1, -0.05) is 46.2 Å². The Kier molecular flexibility index (Phi) is 4.24. The van der Waals surface area contributed by atoms with Gasteiger partial charge in [0.2, 0.25) is 0 Å². The average Bonchev–Trinajstić information content (AvgIpc) is 2.69. The van der Waals surface area contributed by atoms with Crippen molar-refractivity contribution in [1.29, 1.82) is 0 Å². The fourth-order valence-electron chi connectivity index (χ4n) is 2.89. The van der Waals surface area contributed by atoms with E-state index in [1.54, 1.807) is 0 Å². The van der Waals surface area contributed by atoms with Gasteiger partial charge in [-0.15, -0.1) is 0 Å². The molecule has 0 aliphatic rings. The molecule has 0 aliphatic heterocycles. The number of hydrogen-bond donors (Lipinski definition) is 1. The van der Waals surface area contributed by atoms with Gasteiger partial charge in [-0.2, -0.15) is 0 Å². The summed E-state index contributed by atoms with van der Waals surface area (Å²) in [5, 5.41) is 4.57. The Balaban J connectivity index is 2.77. The summed E-state index contributed by atoms with van der Waals surface area (Å²) < 4.78 is 6.27. The fraction of sp³-hybridized carbons (Fsp3) is 0.556. The molecule has 20 heavy (non-hydrogen) atoms. The largest absolute Gasteiger partial charge is 0.459 e. The summed E-state index contributed by atoms with van der Waals surface area (Å²) in [6, 6.07) is 4.46. The molecule has 1 aromatic carbocycles. The van der Waals surface area contributed by atoms with Crippen LogP contribution < -0.4 is 5.32 Å². The van der Waals surface area contributed by atoms with Crippen LogP contribution in [0.2, 0.25) is 0 Å². The highest BCUT2D eigenvalue weighted by Gasteiger charge is 2.23. The van der Waals surface area contributed by atoms with Gasteiger partial charge in [-0.25, -0.2) is 0 Å². The average molecular weight is 273 g/mol. The Hall–Kier alpha value is -1.28. The maximum atomic E-state index is 6.27. The van der Waals surface area contributed by atoms with E-state index in [1.165, 1.54) is 22.1 Å². The van der Waals surface area contributed by atoms with Gasteiger partial charge in [0.05, 0.1) is 6.54 Å². The smallest absolute Gasteiger partial charge is 0.138 e. The van der Waals surface area contributed by atoms with Gasteiger partial charge in [0.1, 0.15) is 11.3 Å². The lowest BCUT2D eigenvalue weighted by atomic mass is 9.84. The summed E-state index contributed by atoms with van der Waals surface area (Å²) in [4.78, 5) is 0. The van der Waals surface area contributed by atoms with Crippen molar-refractivity contribution in [3.05, 3.63) is 34.6 Å². The number of aryl methyl sites for hydroxylation is 2. The van der Waals surface area contributed by atoms with Crippen LogP contribution in [0.1, 0.15) is 56.6 Å². The Labute approximate surface area is 122 Å². The van der Waals surface area contributed by atoms with Crippen LogP contribution in [-0.2, 0) is 18.4 Å². The van der Waals surface area contributed by atoms with Gasteiger partial charge < -0.3 is 9.73 Å². The number of furan rings is 1. The minimum atomic E-state index is 0.101. The fourth-order valence-corrected chi connectivity index (χ4v) is 2.89. The Morgan fingerprint density at radius 1 is 1.20 bits per heavy atom. The molecule has 0 radical (unpaired) electrons. The van der Waals surface area contributed by atoms with Crippen molar-refractivity contribution in [3.8, 4) is 0 Å². The lowest BCUT2D eigenvalue weighted by Gasteiger charge is -2.19. The summed E-state index contributed by atoms with van der Waals surface area (Å²) in [5.74, 6) is 1.10. The Morgan fingerprint density at radius 2 is 1.90 bits per heavy atom. The Bertz CT molecular complexity index is 602. The van der Waals surface area contributed by atoms with E-state index < -0.39 is 0 Å². The maximum Gasteiger partial charge on any atom is 0.138 e. The topological polar surface area (TPSA) is 25.2 Å². The van der Waals surface area contributed by atoms with Crippen LogP contribution in [0.15, 0.2) is 16.5 Å². The highest BCUT2D eigenvalue weighted by Crippen LogP contribution is 2.37. The summed E-state index contributed by atoms with van der Waals surface area (Å²) in [6.45, 7) is 12.0. The number of rotatable bonds is 4. The van der Waals surface area contributed by atoms with Crippen LogP contribution >= 0.6 is 0 Å². The molecule has 0 atom stereocenters. The molecule has 1 aromatic heterocycles. The summed E-state index contributed by atoms with van der Waals surface area (Å²) in [6.07, 6.45) is 2.23. The van der Waals surface area contributed by atoms with Gasteiger partial charge in [0.25, 0.3) is 0 Å². The molecule has 0 unspecified atom stereocenters. The van der Waals surface area contributed by atoms with E-state index in [-0.39, 0.29) is 5.41 Å². The van der Waals surface area contributed by atoms with Crippen molar-refractivity contribution in [2.24, 2.45) is 0 Å². The van der Waals surface area contributed by atoms with E-state index >= 15 is 0 Å². The zero-order valence-corrected chi connectivity index (χ0v) is 13.7. The highest BCUT2D eigenvalue weighted by molar-refractivity contribution is 5.89. The SMILES string of the molecule is CCCc1c(CNC)oc2c(C(C)(C)C)ccc(C)c12. The lowest BCUT2D eigenvalue weighted by molar-refractivity contribution is 0.507.